The van der Waals surface area contributed by atoms with Gasteiger partial charge in [-0.1, -0.05) is 19.4 Å². The van der Waals surface area contributed by atoms with Gasteiger partial charge in [-0.3, -0.25) is 13.8 Å². The van der Waals surface area contributed by atoms with E-state index >= 15 is 0 Å². The molecule has 0 bridgehead atoms. The number of ketones is 2. The van der Waals surface area contributed by atoms with Gasteiger partial charge in [0.05, 0.1) is 6.10 Å². The Labute approximate surface area is 220 Å². The third kappa shape index (κ3) is 4.23. The first-order chi connectivity index (χ1) is 13.5. The number of rotatable bonds is 4. The predicted octanol–water partition coefficient (Wildman–Crippen LogP) is -0.845. The first-order valence-electron chi connectivity index (χ1n) is 10.5. The van der Waals surface area contributed by atoms with E-state index in [2.05, 4.69) is 11.1 Å². The molecule has 0 spiro atoms. The number of hydrogen-bond acceptors (Lipinski definition) is 7. The fourth-order valence-corrected chi connectivity index (χ4v) is 7.71. The predicted molar refractivity (Wildman–Crippen MR) is 102 cm³/mol. The van der Waals surface area contributed by atoms with Crippen molar-refractivity contribution in [1.82, 2.24) is 0 Å². The standard InChI is InChI=1S/C21H30O7S.K/c1-20-8-7-13(22)9-12(20)3-4-14-15-5-6-16(18(24)11-28-29(25,26)27)21(15,2)10-17(23)19(14)20;/h9,14-17,19,23H,3-8,10-11H2,1-2H3,(H,25,26,27);/q;+1/p-1/t14?,15?,16-,17+,19?,20+,21+;/m1./s1. The molecular weight excluding hydrogens is 435 g/mol. The third-order valence-corrected chi connectivity index (χ3v) is 9.03. The largest absolute Gasteiger partial charge is 1.00 e. The van der Waals surface area contributed by atoms with Gasteiger partial charge in [0.15, 0.2) is 11.6 Å². The molecule has 0 aliphatic heterocycles. The average molecular weight is 465 g/mol. The van der Waals surface area contributed by atoms with Gasteiger partial charge in [-0.25, -0.2) is 8.42 Å². The van der Waals surface area contributed by atoms with E-state index in [-0.39, 0.29) is 86.1 Å². The molecule has 0 heterocycles. The fraction of sp³-hybridized carbons (Fsp3) is 0.810. The molecule has 162 valence electrons. The van der Waals surface area contributed by atoms with E-state index < -0.39 is 34.4 Å². The van der Waals surface area contributed by atoms with Crippen LogP contribution in [0.3, 0.4) is 0 Å². The van der Waals surface area contributed by atoms with Gasteiger partial charge in [-0.15, -0.1) is 0 Å². The molecule has 0 aromatic heterocycles. The smallest absolute Gasteiger partial charge is 0.726 e. The molecular formula is C21H29KO7S. The van der Waals surface area contributed by atoms with Crippen molar-refractivity contribution in [2.24, 2.45) is 34.5 Å². The van der Waals surface area contributed by atoms with Crippen LogP contribution in [0.15, 0.2) is 11.6 Å². The summed E-state index contributed by atoms with van der Waals surface area (Å²) in [5.41, 5.74) is 0.548. The van der Waals surface area contributed by atoms with Crippen LogP contribution >= 0.6 is 0 Å². The van der Waals surface area contributed by atoms with Gasteiger partial charge in [-0.2, -0.15) is 0 Å². The molecule has 1 N–H and O–H groups in total. The molecule has 4 aliphatic rings. The molecule has 3 unspecified atom stereocenters. The Morgan fingerprint density at radius 1 is 1.27 bits per heavy atom. The summed E-state index contributed by atoms with van der Waals surface area (Å²) < 4.78 is 36.5. The van der Waals surface area contributed by atoms with Crippen molar-refractivity contribution in [3.8, 4) is 0 Å². The van der Waals surface area contributed by atoms with Crippen molar-refractivity contribution in [2.45, 2.75) is 64.9 Å². The second-order valence-electron chi connectivity index (χ2n) is 9.93. The van der Waals surface area contributed by atoms with E-state index in [1.165, 1.54) is 0 Å². The average Bonchev–Trinajstić information content (AvgIpc) is 2.96. The van der Waals surface area contributed by atoms with Gasteiger partial charge in [0, 0.05) is 12.3 Å². The summed E-state index contributed by atoms with van der Waals surface area (Å²) in [6.45, 7) is 3.48. The van der Waals surface area contributed by atoms with Crippen molar-refractivity contribution in [2.75, 3.05) is 6.61 Å². The second kappa shape index (κ2) is 8.72. The fourth-order valence-electron chi connectivity index (χ4n) is 7.45. The quantitative estimate of drug-likeness (QED) is 0.327. The number of carbonyl (C=O) groups is 2. The maximum Gasteiger partial charge on any atom is 1.00 e. The van der Waals surface area contributed by atoms with E-state index in [0.717, 1.165) is 31.3 Å². The van der Waals surface area contributed by atoms with E-state index in [9.17, 15) is 27.7 Å². The van der Waals surface area contributed by atoms with Gasteiger partial charge in [0.25, 0.3) is 0 Å². The number of fused-ring (bicyclic) bond motifs is 5. The zero-order chi connectivity index (χ0) is 21.2. The molecule has 3 saturated carbocycles. The number of aliphatic hydroxyl groups excluding tert-OH is 1. The molecule has 0 aromatic carbocycles. The van der Waals surface area contributed by atoms with Gasteiger partial charge in [0.1, 0.15) is 6.61 Å². The first kappa shape index (κ1) is 25.2. The van der Waals surface area contributed by atoms with Gasteiger partial charge < -0.3 is 9.66 Å². The molecule has 0 radical (unpaired) electrons. The van der Waals surface area contributed by atoms with Crippen molar-refractivity contribution in [3.05, 3.63) is 11.6 Å². The molecule has 7 nitrogen and oxygen atoms in total. The van der Waals surface area contributed by atoms with Crippen LogP contribution in [0, 0.1) is 34.5 Å². The molecule has 7 atom stereocenters. The monoisotopic (exact) mass is 464 g/mol. The topological polar surface area (TPSA) is 121 Å². The normalized spacial score (nSPS) is 43.0. The van der Waals surface area contributed by atoms with Crippen LogP contribution in [-0.2, 0) is 24.2 Å². The maximum absolute atomic E-state index is 12.7. The minimum absolute atomic E-state index is 0. The molecule has 9 heteroatoms. The summed E-state index contributed by atoms with van der Waals surface area (Å²) in [5, 5.41) is 11.2. The van der Waals surface area contributed by atoms with Gasteiger partial charge in [-0.05, 0) is 73.2 Å². The summed E-state index contributed by atoms with van der Waals surface area (Å²) in [6.07, 6.45) is 6.16. The molecule has 0 saturated heterocycles. The Hall–Kier alpha value is 0.546. The van der Waals surface area contributed by atoms with Crippen molar-refractivity contribution in [3.63, 3.8) is 0 Å². The Bertz CT molecular complexity index is 869. The Morgan fingerprint density at radius 3 is 2.63 bits per heavy atom. The number of aliphatic hydroxyl groups is 1. The number of Topliss-reactive ketones (excluding diaryl/α,β-unsaturated/α-hetero) is 1. The Kier molecular flexibility index (Phi) is 7.32. The zero-order valence-corrected chi connectivity index (χ0v) is 21.9. The molecule has 0 amide bonds. The maximum atomic E-state index is 12.7. The minimum Gasteiger partial charge on any atom is -0.726 e. The van der Waals surface area contributed by atoms with Crippen molar-refractivity contribution >= 4 is 22.0 Å². The summed E-state index contributed by atoms with van der Waals surface area (Å²) >= 11 is 0. The van der Waals surface area contributed by atoms with Crippen LogP contribution in [0.2, 0.25) is 0 Å². The van der Waals surface area contributed by atoms with Crippen molar-refractivity contribution in [1.29, 1.82) is 0 Å². The number of allylic oxidation sites excluding steroid dienone is 1. The zero-order valence-electron chi connectivity index (χ0n) is 17.9. The van der Waals surface area contributed by atoms with E-state index in [1.807, 2.05) is 6.92 Å². The van der Waals surface area contributed by atoms with Crippen LogP contribution < -0.4 is 51.4 Å². The molecule has 0 aromatic rings. The molecule has 3 fully saturated rings. The van der Waals surface area contributed by atoms with Crippen LogP contribution in [0.4, 0.5) is 0 Å². The van der Waals surface area contributed by atoms with E-state index in [1.54, 1.807) is 6.08 Å². The van der Waals surface area contributed by atoms with Crippen molar-refractivity contribution < 1.29 is 83.2 Å². The molecule has 30 heavy (non-hydrogen) atoms. The SMILES string of the molecule is C[C@]12CCC(=O)C=C1CCC1C2[C@@H](O)C[C@@]2(C)C1CC[C@@H]2C(=O)COS(=O)(=O)[O-].[K+]. The second-order valence-corrected chi connectivity index (χ2v) is 11.0. The van der Waals surface area contributed by atoms with E-state index in [4.69, 9.17) is 0 Å². The van der Waals surface area contributed by atoms with Gasteiger partial charge >= 0.3 is 51.4 Å². The summed E-state index contributed by atoms with van der Waals surface area (Å²) in [5.74, 6) is -0.0223. The van der Waals surface area contributed by atoms with Crippen LogP contribution in [-0.4, -0.2) is 42.4 Å². The van der Waals surface area contributed by atoms with Crippen LogP contribution in [0.1, 0.15) is 58.8 Å². The van der Waals surface area contributed by atoms with Gasteiger partial charge in [0.2, 0.25) is 10.4 Å². The number of hydrogen-bond donors (Lipinski definition) is 1. The molecule has 4 rings (SSSR count). The van der Waals surface area contributed by atoms with E-state index in [0.29, 0.717) is 19.3 Å². The summed E-state index contributed by atoms with van der Waals surface area (Å²) in [6, 6.07) is 0. The first-order valence-corrected chi connectivity index (χ1v) is 11.8. The van der Waals surface area contributed by atoms with Crippen LogP contribution in [0.5, 0.6) is 0 Å². The Balaban J connectivity index is 0.00000256. The number of carbonyl (C=O) groups excluding carboxylic acids is 2. The summed E-state index contributed by atoms with van der Waals surface area (Å²) in [4.78, 5) is 24.6. The summed E-state index contributed by atoms with van der Waals surface area (Å²) in [7, 11) is -4.91. The molecule has 4 aliphatic carbocycles. The minimum atomic E-state index is -4.91. The Morgan fingerprint density at radius 2 is 1.97 bits per heavy atom. The third-order valence-electron chi connectivity index (χ3n) is 8.63. The van der Waals surface area contributed by atoms with Crippen LogP contribution in [0.25, 0.3) is 0 Å².